The molecule has 7 nitrogen and oxygen atoms in total. The number of likely N-dealkylation sites (tertiary alicyclic amines) is 1. The van der Waals surface area contributed by atoms with E-state index < -0.39 is 11.7 Å². The first kappa shape index (κ1) is 25.1. The van der Waals surface area contributed by atoms with Crippen molar-refractivity contribution >= 4 is 11.6 Å². The number of alkyl halides is 3. The summed E-state index contributed by atoms with van der Waals surface area (Å²) in [5.41, 5.74) is -1.09. The fourth-order valence-corrected chi connectivity index (χ4v) is 5.17. The first-order valence-corrected chi connectivity index (χ1v) is 11.5. The van der Waals surface area contributed by atoms with Gasteiger partial charge in [0.1, 0.15) is 0 Å². The Morgan fingerprint density at radius 1 is 1.26 bits per heavy atom. The zero-order chi connectivity index (χ0) is 25.1. The molecule has 2 aliphatic heterocycles. The number of piperidine rings is 1. The lowest BCUT2D eigenvalue weighted by Gasteiger charge is -2.42. The zero-order valence-electron chi connectivity index (χ0n) is 19.5. The first-order chi connectivity index (χ1) is 16.8. The topological polar surface area (TPSA) is 78.9 Å². The summed E-state index contributed by atoms with van der Waals surface area (Å²) in [4.78, 5) is 16.4. The number of anilines is 1. The van der Waals surface area contributed by atoms with E-state index in [-0.39, 0.29) is 22.8 Å². The van der Waals surface area contributed by atoms with E-state index in [1.54, 1.807) is 36.3 Å². The number of furan rings is 1. The van der Waals surface area contributed by atoms with Gasteiger partial charge in [-0.15, -0.1) is 0 Å². The molecule has 1 aromatic heterocycles. The van der Waals surface area contributed by atoms with E-state index in [2.05, 4.69) is 0 Å². The molecule has 10 heteroatoms. The third kappa shape index (κ3) is 5.31. The van der Waals surface area contributed by atoms with Crippen LogP contribution in [0.3, 0.4) is 0 Å². The number of methoxy groups -OCH3 is 1. The highest BCUT2D eigenvalue weighted by atomic mass is 19.4. The number of benzene rings is 1. The van der Waals surface area contributed by atoms with Crippen LogP contribution in [0.1, 0.15) is 34.5 Å². The van der Waals surface area contributed by atoms with E-state index in [0.29, 0.717) is 70.3 Å². The number of ether oxygens (including phenoxy) is 2. The molecule has 2 aromatic rings. The number of hydrogen-bond acceptors (Lipinski definition) is 6. The number of nitrogens with zero attached hydrogens (tertiary/aromatic N) is 3. The maximum Gasteiger partial charge on any atom is 0.417 e. The fraction of sp³-hybridized carbons (Fsp3) is 0.520. The highest BCUT2D eigenvalue weighted by Gasteiger charge is 2.49. The Bertz CT molecular complexity index is 1060. The van der Waals surface area contributed by atoms with Gasteiger partial charge in [-0.1, -0.05) is 0 Å². The molecule has 2 aliphatic rings. The van der Waals surface area contributed by atoms with Gasteiger partial charge in [0.05, 0.1) is 43.3 Å². The lowest BCUT2D eigenvalue weighted by atomic mass is 9.71. The van der Waals surface area contributed by atoms with Crippen molar-refractivity contribution in [2.45, 2.75) is 19.0 Å². The van der Waals surface area contributed by atoms with Gasteiger partial charge in [-0.2, -0.15) is 18.4 Å². The number of halogens is 3. The summed E-state index contributed by atoms with van der Waals surface area (Å²) < 4.78 is 56.8. The van der Waals surface area contributed by atoms with Crippen LogP contribution in [0.4, 0.5) is 18.9 Å². The molecule has 1 atom stereocenters. The average molecular weight is 492 g/mol. The van der Waals surface area contributed by atoms with Gasteiger partial charge in [0.2, 0.25) is 0 Å². The van der Waals surface area contributed by atoms with Crippen LogP contribution in [0, 0.1) is 22.7 Å². The quantitative estimate of drug-likeness (QED) is 0.541. The maximum absolute atomic E-state index is 13.6. The molecule has 1 spiro atoms. The number of hydrogen-bond donors (Lipinski definition) is 0. The molecule has 0 saturated carbocycles. The van der Waals surface area contributed by atoms with E-state index in [4.69, 9.17) is 19.2 Å². The second-order valence-electron chi connectivity index (χ2n) is 9.12. The van der Waals surface area contributed by atoms with Gasteiger partial charge in [0.15, 0.2) is 5.76 Å². The van der Waals surface area contributed by atoms with Crippen molar-refractivity contribution in [3.63, 3.8) is 0 Å². The molecule has 1 unspecified atom stereocenters. The lowest BCUT2D eigenvalue weighted by molar-refractivity contribution is -0.137. The van der Waals surface area contributed by atoms with Crippen molar-refractivity contribution in [3.05, 3.63) is 53.5 Å². The minimum atomic E-state index is -4.61. The van der Waals surface area contributed by atoms with Crippen LogP contribution in [0.5, 0.6) is 0 Å². The summed E-state index contributed by atoms with van der Waals surface area (Å²) in [6.45, 7) is 3.49. The second-order valence-corrected chi connectivity index (χ2v) is 9.12. The summed E-state index contributed by atoms with van der Waals surface area (Å²) in [5.74, 6) is 0.213. The summed E-state index contributed by atoms with van der Waals surface area (Å²) >= 11 is 0. The van der Waals surface area contributed by atoms with Gasteiger partial charge in [0.25, 0.3) is 5.91 Å². The van der Waals surface area contributed by atoms with Gasteiger partial charge >= 0.3 is 6.18 Å². The minimum absolute atomic E-state index is 0.0743. The standard InChI is InChI=1S/C25H28F3N3O4/c1-33-11-12-34-16-19-15-31(20-5-4-18(14-29)21(13-20)25(26,27)28)17-24(19)6-8-30(9-7-24)23(32)22-3-2-10-35-22/h2-5,10,13,19H,6-9,11-12,15-17H2,1H3. The summed E-state index contributed by atoms with van der Waals surface area (Å²) in [5, 5.41) is 9.13. The molecule has 188 valence electrons. The Labute approximate surface area is 202 Å². The van der Waals surface area contributed by atoms with Crippen molar-refractivity contribution in [3.8, 4) is 6.07 Å². The Balaban J connectivity index is 1.53. The highest BCUT2D eigenvalue weighted by Crippen LogP contribution is 2.47. The van der Waals surface area contributed by atoms with Crippen LogP contribution < -0.4 is 4.90 Å². The normalized spacial score (nSPS) is 19.8. The predicted octanol–water partition coefficient (Wildman–Crippen LogP) is 4.19. The van der Waals surface area contributed by atoms with Gasteiger partial charge in [0, 0.05) is 44.9 Å². The van der Waals surface area contributed by atoms with Crippen LogP contribution in [0.15, 0.2) is 41.0 Å². The Hall–Kier alpha value is -3.03. The molecule has 0 bridgehead atoms. The van der Waals surface area contributed by atoms with Crippen LogP contribution >= 0.6 is 0 Å². The third-order valence-corrected chi connectivity index (χ3v) is 7.14. The molecule has 2 saturated heterocycles. The number of carbonyl (C=O) groups excluding carboxylic acids is 1. The largest absolute Gasteiger partial charge is 0.459 e. The zero-order valence-corrected chi connectivity index (χ0v) is 19.5. The van der Waals surface area contributed by atoms with Crippen molar-refractivity contribution in [2.24, 2.45) is 11.3 Å². The number of nitriles is 1. The van der Waals surface area contributed by atoms with Crippen molar-refractivity contribution in [2.75, 3.05) is 58.0 Å². The molecule has 4 rings (SSSR count). The molecule has 0 aliphatic carbocycles. The van der Waals surface area contributed by atoms with Gasteiger partial charge in [-0.05, 0) is 48.6 Å². The highest BCUT2D eigenvalue weighted by molar-refractivity contribution is 5.91. The van der Waals surface area contributed by atoms with Crippen LogP contribution in [0.2, 0.25) is 0 Å². The van der Waals surface area contributed by atoms with E-state index in [1.165, 1.54) is 12.3 Å². The van der Waals surface area contributed by atoms with Crippen molar-refractivity contribution in [1.82, 2.24) is 4.90 Å². The molecule has 0 N–H and O–H groups in total. The second kappa shape index (κ2) is 10.3. The number of rotatable bonds is 7. The maximum atomic E-state index is 13.6. The first-order valence-electron chi connectivity index (χ1n) is 11.5. The Morgan fingerprint density at radius 3 is 2.66 bits per heavy atom. The molecule has 35 heavy (non-hydrogen) atoms. The SMILES string of the molecule is COCCOCC1CN(c2ccc(C#N)c(C(F)(F)F)c2)CC12CCN(C(=O)c1ccco1)CC2. The summed E-state index contributed by atoms with van der Waals surface area (Å²) in [7, 11) is 1.59. The molecule has 3 heterocycles. The van der Waals surface area contributed by atoms with Crippen LogP contribution in [-0.4, -0.2) is 63.9 Å². The number of carbonyl (C=O) groups is 1. The van der Waals surface area contributed by atoms with Crippen LogP contribution in [0.25, 0.3) is 0 Å². The molecule has 0 radical (unpaired) electrons. The van der Waals surface area contributed by atoms with E-state index in [9.17, 15) is 18.0 Å². The lowest BCUT2D eigenvalue weighted by Crippen LogP contribution is -2.47. The Kier molecular flexibility index (Phi) is 7.38. The summed E-state index contributed by atoms with van der Waals surface area (Å²) in [6.07, 6.45) is -1.74. The molecule has 1 amide bonds. The van der Waals surface area contributed by atoms with Gasteiger partial charge in [-0.3, -0.25) is 4.79 Å². The number of amides is 1. The monoisotopic (exact) mass is 491 g/mol. The smallest absolute Gasteiger partial charge is 0.417 e. The average Bonchev–Trinajstić information content (AvgIpc) is 3.50. The fourth-order valence-electron chi connectivity index (χ4n) is 5.17. The molecule has 1 aromatic carbocycles. The minimum Gasteiger partial charge on any atom is -0.459 e. The molecule has 2 fully saturated rings. The predicted molar refractivity (Wildman–Crippen MR) is 121 cm³/mol. The third-order valence-electron chi connectivity index (χ3n) is 7.14. The van der Waals surface area contributed by atoms with Crippen molar-refractivity contribution < 1.29 is 31.9 Å². The van der Waals surface area contributed by atoms with E-state index >= 15 is 0 Å². The van der Waals surface area contributed by atoms with E-state index in [0.717, 1.165) is 6.07 Å². The van der Waals surface area contributed by atoms with Gasteiger partial charge < -0.3 is 23.7 Å². The van der Waals surface area contributed by atoms with Crippen molar-refractivity contribution in [1.29, 1.82) is 5.26 Å². The van der Waals surface area contributed by atoms with E-state index in [1.807, 2.05) is 4.90 Å². The summed E-state index contributed by atoms with van der Waals surface area (Å²) in [6, 6.07) is 8.82. The van der Waals surface area contributed by atoms with Gasteiger partial charge in [-0.25, -0.2) is 0 Å². The van der Waals surface area contributed by atoms with Crippen LogP contribution in [-0.2, 0) is 15.7 Å². The Morgan fingerprint density at radius 2 is 2.03 bits per heavy atom. The molecular weight excluding hydrogens is 463 g/mol. The molecular formula is C25H28F3N3O4.